The SMILES string of the molecule is COCCNS(=O)(=O)N(C)C1CCCCC1O. The molecule has 0 bridgehead atoms. The van der Waals surface area contributed by atoms with E-state index in [1.54, 1.807) is 0 Å². The molecule has 0 aromatic rings. The molecule has 0 amide bonds. The number of hydrogen-bond donors (Lipinski definition) is 2. The molecule has 2 unspecified atom stereocenters. The van der Waals surface area contributed by atoms with Crippen molar-refractivity contribution < 1.29 is 18.3 Å². The van der Waals surface area contributed by atoms with E-state index in [1.807, 2.05) is 0 Å². The van der Waals surface area contributed by atoms with Gasteiger partial charge in [0.25, 0.3) is 10.2 Å². The minimum atomic E-state index is -3.52. The average molecular weight is 266 g/mol. The first-order valence-corrected chi connectivity index (χ1v) is 7.32. The standard InChI is InChI=1S/C10H22N2O4S/c1-12(9-5-3-4-6-10(9)13)17(14,15)11-7-8-16-2/h9-11,13H,3-8H2,1-2H3. The van der Waals surface area contributed by atoms with E-state index >= 15 is 0 Å². The predicted molar refractivity (Wildman–Crippen MR) is 64.8 cm³/mol. The second kappa shape index (κ2) is 6.65. The van der Waals surface area contributed by atoms with Crippen LogP contribution >= 0.6 is 0 Å². The fraction of sp³-hybridized carbons (Fsp3) is 1.00. The van der Waals surface area contributed by atoms with Crippen LogP contribution in [0, 0.1) is 0 Å². The van der Waals surface area contributed by atoms with E-state index in [9.17, 15) is 13.5 Å². The van der Waals surface area contributed by atoms with Crippen LogP contribution in [-0.2, 0) is 14.9 Å². The summed E-state index contributed by atoms with van der Waals surface area (Å²) in [4.78, 5) is 0. The maximum atomic E-state index is 11.9. The Balaban J connectivity index is 2.57. The fourth-order valence-electron chi connectivity index (χ4n) is 2.07. The predicted octanol–water partition coefficient (Wildman–Crippen LogP) is -0.297. The molecule has 0 aromatic carbocycles. The minimum absolute atomic E-state index is 0.242. The van der Waals surface area contributed by atoms with E-state index in [0.29, 0.717) is 19.4 Å². The molecule has 1 aliphatic rings. The Labute approximate surface area is 103 Å². The van der Waals surface area contributed by atoms with Crippen molar-refractivity contribution in [2.45, 2.75) is 37.8 Å². The second-order valence-electron chi connectivity index (χ2n) is 4.33. The van der Waals surface area contributed by atoms with Gasteiger partial charge in [0, 0.05) is 20.7 Å². The Hall–Kier alpha value is -0.210. The van der Waals surface area contributed by atoms with E-state index in [4.69, 9.17) is 4.74 Å². The summed E-state index contributed by atoms with van der Waals surface area (Å²) in [6, 6.07) is -0.316. The van der Waals surface area contributed by atoms with E-state index < -0.39 is 16.3 Å². The van der Waals surface area contributed by atoms with Crippen molar-refractivity contribution in [2.24, 2.45) is 0 Å². The fourth-order valence-corrected chi connectivity index (χ4v) is 3.22. The summed E-state index contributed by atoms with van der Waals surface area (Å²) in [5.74, 6) is 0. The van der Waals surface area contributed by atoms with Crippen LogP contribution in [0.25, 0.3) is 0 Å². The highest BCUT2D eigenvalue weighted by atomic mass is 32.2. The number of aliphatic hydroxyl groups is 1. The minimum Gasteiger partial charge on any atom is -0.391 e. The third-order valence-electron chi connectivity index (χ3n) is 3.13. The van der Waals surface area contributed by atoms with Gasteiger partial charge >= 0.3 is 0 Å². The quantitative estimate of drug-likeness (QED) is 0.647. The average Bonchev–Trinajstić information content (AvgIpc) is 2.29. The largest absolute Gasteiger partial charge is 0.391 e. The molecule has 2 atom stereocenters. The van der Waals surface area contributed by atoms with Gasteiger partial charge in [-0.15, -0.1) is 0 Å². The molecule has 7 heteroatoms. The zero-order valence-electron chi connectivity index (χ0n) is 10.4. The Kier molecular flexibility index (Phi) is 5.81. The number of hydrogen-bond acceptors (Lipinski definition) is 4. The molecule has 17 heavy (non-hydrogen) atoms. The third kappa shape index (κ3) is 4.18. The van der Waals surface area contributed by atoms with E-state index in [1.165, 1.54) is 18.5 Å². The lowest BCUT2D eigenvalue weighted by atomic mass is 9.93. The molecule has 1 saturated carbocycles. The first-order chi connectivity index (χ1) is 7.99. The first-order valence-electron chi connectivity index (χ1n) is 5.88. The summed E-state index contributed by atoms with van der Waals surface area (Å²) in [5, 5.41) is 9.82. The second-order valence-corrected chi connectivity index (χ2v) is 6.14. The molecule has 6 nitrogen and oxygen atoms in total. The Morgan fingerprint density at radius 2 is 2.06 bits per heavy atom. The van der Waals surface area contributed by atoms with Crippen molar-refractivity contribution in [2.75, 3.05) is 27.3 Å². The molecule has 0 radical (unpaired) electrons. The monoisotopic (exact) mass is 266 g/mol. The molecular weight excluding hydrogens is 244 g/mol. The van der Waals surface area contributed by atoms with Crippen molar-refractivity contribution >= 4 is 10.2 Å². The maximum Gasteiger partial charge on any atom is 0.279 e. The van der Waals surface area contributed by atoms with Crippen LogP contribution in [-0.4, -0.2) is 57.3 Å². The van der Waals surface area contributed by atoms with Crippen LogP contribution in [0.1, 0.15) is 25.7 Å². The van der Waals surface area contributed by atoms with Gasteiger partial charge < -0.3 is 9.84 Å². The number of likely N-dealkylation sites (N-methyl/N-ethyl adjacent to an activating group) is 1. The lowest BCUT2D eigenvalue weighted by Crippen LogP contribution is -2.50. The topological polar surface area (TPSA) is 78.9 Å². The zero-order valence-corrected chi connectivity index (χ0v) is 11.2. The third-order valence-corrected chi connectivity index (χ3v) is 4.73. The van der Waals surface area contributed by atoms with E-state index in [2.05, 4.69) is 4.72 Å². The maximum absolute atomic E-state index is 11.9. The summed E-state index contributed by atoms with van der Waals surface area (Å²) in [7, 11) is -0.497. The van der Waals surface area contributed by atoms with Gasteiger partial charge in [0.2, 0.25) is 0 Å². The van der Waals surface area contributed by atoms with Gasteiger partial charge in [0.1, 0.15) is 0 Å². The van der Waals surface area contributed by atoms with Gasteiger partial charge in [-0.05, 0) is 12.8 Å². The van der Waals surface area contributed by atoms with Crippen LogP contribution in [0.4, 0.5) is 0 Å². The van der Waals surface area contributed by atoms with E-state index in [0.717, 1.165) is 12.8 Å². The molecule has 0 saturated heterocycles. The summed E-state index contributed by atoms with van der Waals surface area (Å²) in [5.41, 5.74) is 0. The van der Waals surface area contributed by atoms with Crippen molar-refractivity contribution in [3.63, 3.8) is 0 Å². The Morgan fingerprint density at radius 1 is 1.41 bits per heavy atom. The van der Waals surface area contributed by atoms with Crippen LogP contribution in [0.5, 0.6) is 0 Å². The van der Waals surface area contributed by atoms with Gasteiger partial charge in [-0.3, -0.25) is 0 Å². The molecule has 0 aliphatic heterocycles. The van der Waals surface area contributed by atoms with Crippen LogP contribution in [0.2, 0.25) is 0 Å². The zero-order chi connectivity index (χ0) is 12.9. The molecule has 0 heterocycles. The van der Waals surface area contributed by atoms with E-state index in [-0.39, 0.29) is 12.6 Å². The highest BCUT2D eigenvalue weighted by Crippen LogP contribution is 2.23. The lowest BCUT2D eigenvalue weighted by Gasteiger charge is -2.34. The van der Waals surface area contributed by atoms with Crippen molar-refractivity contribution in [3.8, 4) is 0 Å². The number of methoxy groups -OCH3 is 1. The summed E-state index contributed by atoms with van der Waals surface area (Å²) >= 11 is 0. The summed E-state index contributed by atoms with van der Waals surface area (Å²) < 4.78 is 32.3. The van der Waals surface area contributed by atoms with Crippen LogP contribution in [0.15, 0.2) is 0 Å². The normalized spacial score (nSPS) is 26.4. The number of nitrogens with zero attached hydrogens (tertiary/aromatic N) is 1. The highest BCUT2D eigenvalue weighted by molar-refractivity contribution is 7.87. The van der Waals surface area contributed by atoms with Gasteiger partial charge in [-0.25, -0.2) is 0 Å². The molecule has 2 N–H and O–H groups in total. The van der Waals surface area contributed by atoms with Gasteiger partial charge in [-0.2, -0.15) is 17.4 Å². The van der Waals surface area contributed by atoms with Gasteiger partial charge in [0.05, 0.1) is 18.8 Å². The van der Waals surface area contributed by atoms with Crippen LogP contribution in [0.3, 0.4) is 0 Å². The van der Waals surface area contributed by atoms with Crippen molar-refractivity contribution in [1.29, 1.82) is 0 Å². The first kappa shape index (κ1) is 14.8. The molecule has 1 aliphatic carbocycles. The van der Waals surface area contributed by atoms with Crippen molar-refractivity contribution in [3.05, 3.63) is 0 Å². The van der Waals surface area contributed by atoms with Crippen molar-refractivity contribution in [1.82, 2.24) is 9.03 Å². The molecule has 0 aromatic heterocycles. The van der Waals surface area contributed by atoms with Gasteiger partial charge in [-0.1, -0.05) is 12.8 Å². The summed E-state index contributed by atoms with van der Waals surface area (Å²) in [6.07, 6.45) is 2.74. The highest BCUT2D eigenvalue weighted by Gasteiger charge is 2.32. The molecular formula is C10H22N2O4S. The molecule has 1 rings (SSSR count). The lowest BCUT2D eigenvalue weighted by molar-refractivity contribution is 0.0632. The Morgan fingerprint density at radius 3 is 2.65 bits per heavy atom. The number of ether oxygens (including phenoxy) is 1. The Bertz CT molecular complexity index is 320. The molecule has 0 spiro atoms. The van der Waals surface area contributed by atoms with Crippen LogP contribution < -0.4 is 4.72 Å². The number of nitrogens with one attached hydrogen (secondary N) is 1. The summed E-state index contributed by atoms with van der Waals surface area (Å²) in [6.45, 7) is 0.576. The molecule has 1 fully saturated rings. The number of aliphatic hydroxyl groups excluding tert-OH is 1. The molecule has 102 valence electrons. The smallest absolute Gasteiger partial charge is 0.279 e. The van der Waals surface area contributed by atoms with Gasteiger partial charge in [0.15, 0.2) is 0 Å². The number of rotatable bonds is 6.